The third kappa shape index (κ3) is 3.85. The summed E-state index contributed by atoms with van der Waals surface area (Å²) in [7, 11) is 3.44. The molecule has 0 atom stereocenters. The highest BCUT2D eigenvalue weighted by atomic mass is 32.1. The molecule has 27 heavy (non-hydrogen) atoms. The second-order valence-electron chi connectivity index (χ2n) is 6.51. The first-order chi connectivity index (χ1) is 12.9. The van der Waals surface area contributed by atoms with Gasteiger partial charge in [0.1, 0.15) is 15.6 Å². The molecule has 5 nitrogen and oxygen atoms in total. The molecule has 0 aliphatic heterocycles. The number of pyridine rings is 1. The number of hydrogen-bond donors (Lipinski definition) is 0. The molecule has 6 heteroatoms. The summed E-state index contributed by atoms with van der Waals surface area (Å²) in [6.07, 6.45) is 1.78. The van der Waals surface area contributed by atoms with Gasteiger partial charge in [-0.1, -0.05) is 30.3 Å². The summed E-state index contributed by atoms with van der Waals surface area (Å²) in [6.45, 7) is 6.23. The average molecular weight is 382 g/mol. The van der Waals surface area contributed by atoms with Gasteiger partial charge < -0.3 is 9.64 Å². The van der Waals surface area contributed by atoms with Gasteiger partial charge in [0.2, 0.25) is 0 Å². The van der Waals surface area contributed by atoms with Gasteiger partial charge in [-0.15, -0.1) is 11.3 Å². The van der Waals surface area contributed by atoms with E-state index in [4.69, 9.17) is 4.74 Å². The van der Waals surface area contributed by atoms with E-state index in [0.717, 1.165) is 38.8 Å². The molecule has 0 spiro atoms. The lowest BCUT2D eigenvalue weighted by atomic mass is 10.1. The molecule has 3 aromatic rings. The van der Waals surface area contributed by atoms with E-state index < -0.39 is 0 Å². The number of ether oxygens (including phenoxy) is 1. The molecule has 0 aliphatic carbocycles. The highest BCUT2D eigenvalue weighted by Gasteiger charge is 2.21. The van der Waals surface area contributed by atoms with Crippen molar-refractivity contribution in [2.24, 2.45) is 0 Å². The highest BCUT2D eigenvalue weighted by molar-refractivity contribution is 7.17. The van der Waals surface area contributed by atoms with Crippen molar-refractivity contribution >= 4 is 17.2 Å². The normalized spacial score (nSPS) is 10.7. The molecule has 0 saturated carbocycles. The van der Waals surface area contributed by atoms with Crippen molar-refractivity contribution < 1.29 is 9.53 Å². The zero-order chi connectivity index (χ0) is 19.6. The Kier molecular flexibility index (Phi) is 5.56. The third-order valence-corrected chi connectivity index (χ3v) is 5.69. The summed E-state index contributed by atoms with van der Waals surface area (Å²) in [6, 6.07) is 9.91. The Morgan fingerprint density at radius 3 is 2.56 bits per heavy atom. The van der Waals surface area contributed by atoms with E-state index in [9.17, 15) is 4.79 Å². The predicted molar refractivity (Wildman–Crippen MR) is 108 cm³/mol. The predicted octanol–water partition coefficient (Wildman–Crippen LogP) is 4.41. The van der Waals surface area contributed by atoms with Crippen LogP contribution in [0.3, 0.4) is 0 Å². The Balaban J connectivity index is 1.84. The summed E-state index contributed by atoms with van der Waals surface area (Å²) in [5.74, 6) is 0.772. The highest BCUT2D eigenvalue weighted by Crippen LogP contribution is 2.29. The van der Waals surface area contributed by atoms with Crippen LogP contribution in [0.5, 0.6) is 5.75 Å². The van der Waals surface area contributed by atoms with Crippen LogP contribution in [0.15, 0.2) is 36.5 Å². The van der Waals surface area contributed by atoms with Gasteiger partial charge in [-0.3, -0.25) is 9.78 Å². The molecule has 140 valence electrons. The van der Waals surface area contributed by atoms with Crippen molar-refractivity contribution in [2.75, 3.05) is 14.2 Å². The van der Waals surface area contributed by atoms with Crippen LogP contribution < -0.4 is 4.74 Å². The van der Waals surface area contributed by atoms with Crippen molar-refractivity contribution in [3.8, 4) is 16.3 Å². The Labute approximate surface area is 163 Å². The van der Waals surface area contributed by atoms with Crippen LogP contribution in [0.2, 0.25) is 0 Å². The number of aromatic nitrogens is 2. The van der Waals surface area contributed by atoms with Crippen LogP contribution in [-0.4, -0.2) is 34.9 Å². The second kappa shape index (κ2) is 7.88. The summed E-state index contributed by atoms with van der Waals surface area (Å²) in [5, 5.41) is 0.858. The molecular weight excluding hydrogens is 358 g/mol. The molecule has 1 aromatic carbocycles. The van der Waals surface area contributed by atoms with Crippen molar-refractivity contribution in [3.63, 3.8) is 0 Å². The zero-order valence-corrected chi connectivity index (χ0v) is 17.1. The number of carbonyl (C=O) groups is 1. The smallest absolute Gasteiger partial charge is 0.265 e. The summed E-state index contributed by atoms with van der Waals surface area (Å²) >= 11 is 1.43. The zero-order valence-electron chi connectivity index (χ0n) is 16.2. The fourth-order valence-corrected chi connectivity index (χ4v) is 4.07. The maximum Gasteiger partial charge on any atom is 0.265 e. The molecule has 0 saturated heterocycles. The van der Waals surface area contributed by atoms with Gasteiger partial charge in [-0.05, 0) is 20.8 Å². The molecule has 2 heterocycles. The Hall–Kier alpha value is -2.73. The largest absolute Gasteiger partial charge is 0.496 e. The number of amides is 1. The SMILES string of the molecule is COc1c(C)cnc(CN(C)C(=O)c2sc(-c3ccccc3)nc2C)c1C. The van der Waals surface area contributed by atoms with E-state index in [1.807, 2.05) is 51.1 Å². The summed E-state index contributed by atoms with van der Waals surface area (Å²) < 4.78 is 5.46. The molecule has 3 rings (SSSR count). The van der Waals surface area contributed by atoms with Gasteiger partial charge >= 0.3 is 0 Å². The number of methoxy groups -OCH3 is 1. The number of rotatable bonds is 5. The van der Waals surface area contributed by atoms with Crippen LogP contribution in [0, 0.1) is 20.8 Å². The first-order valence-corrected chi connectivity index (χ1v) is 9.51. The summed E-state index contributed by atoms with van der Waals surface area (Å²) in [4.78, 5) is 24.4. The number of aryl methyl sites for hydroxylation is 2. The van der Waals surface area contributed by atoms with E-state index >= 15 is 0 Å². The molecular formula is C21H23N3O2S. The number of thiazole rings is 1. The van der Waals surface area contributed by atoms with Crippen molar-refractivity contribution in [2.45, 2.75) is 27.3 Å². The molecule has 0 fully saturated rings. The average Bonchev–Trinajstić information content (AvgIpc) is 3.06. The Bertz CT molecular complexity index is 967. The number of benzene rings is 1. The lowest BCUT2D eigenvalue weighted by Crippen LogP contribution is -2.27. The quantitative estimate of drug-likeness (QED) is 0.657. The van der Waals surface area contributed by atoms with Gasteiger partial charge in [-0.25, -0.2) is 4.98 Å². The van der Waals surface area contributed by atoms with Crippen LogP contribution in [-0.2, 0) is 6.54 Å². The first-order valence-electron chi connectivity index (χ1n) is 8.69. The van der Waals surface area contributed by atoms with Crippen LogP contribution in [0.25, 0.3) is 10.6 Å². The van der Waals surface area contributed by atoms with Crippen molar-refractivity contribution in [3.05, 3.63) is 63.9 Å². The Morgan fingerprint density at radius 1 is 1.19 bits per heavy atom. The molecule has 0 N–H and O–H groups in total. The molecule has 0 unspecified atom stereocenters. The monoisotopic (exact) mass is 381 g/mol. The first kappa shape index (κ1) is 19.0. The minimum absolute atomic E-state index is 0.0482. The molecule has 1 amide bonds. The van der Waals surface area contributed by atoms with Gasteiger partial charge in [0, 0.05) is 29.9 Å². The van der Waals surface area contributed by atoms with E-state index in [0.29, 0.717) is 11.4 Å². The maximum absolute atomic E-state index is 13.0. The molecule has 0 bridgehead atoms. The van der Waals surface area contributed by atoms with E-state index in [1.165, 1.54) is 11.3 Å². The van der Waals surface area contributed by atoms with Crippen LogP contribution in [0.4, 0.5) is 0 Å². The van der Waals surface area contributed by atoms with Gasteiger partial charge in [0.05, 0.1) is 25.0 Å². The number of hydrogen-bond acceptors (Lipinski definition) is 5. The number of nitrogens with zero attached hydrogens (tertiary/aromatic N) is 3. The van der Waals surface area contributed by atoms with Crippen LogP contribution >= 0.6 is 11.3 Å². The van der Waals surface area contributed by atoms with Crippen molar-refractivity contribution in [1.82, 2.24) is 14.9 Å². The second-order valence-corrected chi connectivity index (χ2v) is 7.51. The molecule has 2 aromatic heterocycles. The number of carbonyl (C=O) groups excluding carboxylic acids is 1. The van der Waals surface area contributed by atoms with E-state index in [-0.39, 0.29) is 5.91 Å². The van der Waals surface area contributed by atoms with Crippen LogP contribution in [0.1, 0.15) is 32.2 Å². The third-order valence-electron chi connectivity index (χ3n) is 4.49. The van der Waals surface area contributed by atoms with E-state index in [2.05, 4.69) is 9.97 Å². The van der Waals surface area contributed by atoms with E-state index in [1.54, 1.807) is 25.3 Å². The standard InChI is InChI=1S/C21H23N3O2S/c1-13-11-22-17(14(2)18(13)26-5)12-24(4)21(25)19-15(3)23-20(27-19)16-9-7-6-8-10-16/h6-11H,12H2,1-5H3. The minimum Gasteiger partial charge on any atom is -0.496 e. The molecule has 0 aliphatic rings. The maximum atomic E-state index is 13.0. The minimum atomic E-state index is -0.0482. The molecule has 0 radical (unpaired) electrons. The fourth-order valence-electron chi connectivity index (χ4n) is 3.00. The van der Waals surface area contributed by atoms with Crippen molar-refractivity contribution in [1.29, 1.82) is 0 Å². The lowest BCUT2D eigenvalue weighted by Gasteiger charge is -2.19. The lowest BCUT2D eigenvalue weighted by molar-refractivity contribution is 0.0787. The fraction of sp³-hybridized carbons (Fsp3) is 0.286. The Morgan fingerprint density at radius 2 is 1.89 bits per heavy atom. The van der Waals surface area contributed by atoms with Gasteiger partial charge in [0.25, 0.3) is 5.91 Å². The topological polar surface area (TPSA) is 55.3 Å². The van der Waals surface area contributed by atoms with Gasteiger partial charge in [0.15, 0.2) is 0 Å². The summed E-state index contributed by atoms with van der Waals surface area (Å²) in [5.41, 5.74) is 4.55. The van der Waals surface area contributed by atoms with Gasteiger partial charge in [-0.2, -0.15) is 0 Å².